The molecule has 0 unspecified atom stereocenters. The highest BCUT2D eigenvalue weighted by atomic mass is 19.1. The second-order valence-corrected chi connectivity index (χ2v) is 5.99. The van der Waals surface area contributed by atoms with Crippen molar-refractivity contribution in [3.8, 4) is 11.1 Å². The molecule has 3 aromatic heterocycles. The van der Waals surface area contributed by atoms with E-state index in [9.17, 15) is 9.18 Å². The van der Waals surface area contributed by atoms with Crippen molar-refractivity contribution in [2.75, 3.05) is 0 Å². The average molecular weight is 349 g/mol. The van der Waals surface area contributed by atoms with Gasteiger partial charge in [-0.2, -0.15) is 5.10 Å². The monoisotopic (exact) mass is 349 g/mol. The molecule has 1 aromatic carbocycles. The number of aromatic amines is 1. The van der Waals surface area contributed by atoms with E-state index in [1.807, 2.05) is 18.3 Å². The van der Waals surface area contributed by atoms with E-state index in [0.29, 0.717) is 22.6 Å². The Kier molecular flexibility index (Phi) is 3.96. The van der Waals surface area contributed by atoms with Crippen molar-refractivity contribution in [2.24, 2.45) is 0 Å². The lowest BCUT2D eigenvalue weighted by Gasteiger charge is -2.07. The third-order valence-electron chi connectivity index (χ3n) is 4.19. The fraction of sp³-hybridized carbons (Fsp3) is 0.105. The molecular weight excluding hydrogens is 333 g/mol. The number of rotatable bonds is 4. The maximum Gasteiger partial charge on any atom is 0.270 e. The number of H-pyrrole nitrogens is 1. The average Bonchev–Trinajstić information content (AvgIpc) is 3.26. The van der Waals surface area contributed by atoms with Crippen LogP contribution >= 0.6 is 0 Å². The molecule has 4 rings (SSSR count). The van der Waals surface area contributed by atoms with Gasteiger partial charge in [0.15, 0.2) is 0 Å². The van der Waals surface area contributed by atoms with E-state index < -0.39 is 0 Å². The van der Waals surface area contributed by atoms with Gasteiger partial charge in [-0.25, -0.2) is 9.37 Å². The van der Waals surface area contributed by atoms with Gasteiger partial charge in [0.25, 0.3) is 5.91 Å². The summed E-state index contributed by atoms with van der Waals surface area (Å²) < 4.78 is 15.0. The number of benzene rings is 1. The van der Waals surface area contributed by atoms with E-state index in [1.165, 1.54) is 12.1 Å². The largest absolute Gasteiger partial charge is 0.347 e. The topological polar surface area (TPSA) is 75.1 Å². The van der Waals surface area contributed by atoms with Crippen LogP contribution in [0.2, 0.25) is 0 Å². The third kappa shape index (κ3) is 2.95. The fourth-order valence-corrected chi connectivity index (χ4v) is 2.94. The van der Waals surface area contributed by atoms with Crippen molar-refractivity contribution in [1.29, 1.82) is 0 Å². The highest BCUT2D eigenvalue weighted by molar-refractivity contribution is 5.94. The summed E-state index contributed by atoms with van der Waals surface area (Å²) in [5.74, 6) is -0.579. The second-order valence-electron chi connectivity index (χ2n) is 5.99. The highest BCUT2D eigenvalue weighted by Gasteiger charge is 2.17. The quantitative estimate of drug-likeness (QED) is 0.594. The lowest BCUT2D eigenvalue weighted by Crippen LogP contribution is -2.25. The van der Waals surface area contributed by atoms with Crippen molar-refractivity contribution >= 4 is 11.6 Å². The summed E-state index contributed by atoms with van der Waals surface area (Å²) in [6.07, 6.45) is 5.34. The number of hydrogen-bond donors (Lipinski definition) is 2. The van der Waals surface area contributed by atoms with Crippen LogP contribution in [0.5, 0.6) is 0 Å². The number of fused-ring (bicyclic) bond motifs is 1. The fourth-order valence-electron chi connectivity index (χ4n) is 2.94. The molecule has 0 saturated carbocycles. The number of aromatic nitrogens is 4. The van der Waals surface area contributed by atoms with Crippen molar-refractivity contribution in [2.45, 2.75) is 13.5 Å². The Balaban J connectivity index is 1.61. The summed E-state index contributed by atoms with van der Waals surface area (Å²) in [4.78, 5) is 17.1. The molecule has 6 nitrogen and oxygen atoms in total. The summed E-state index contributed by atoms with van der Waals surface area (Å²) in [7, 11) is 0. The SMILES string of the molecule is Cc1nc2cc(-c3cn[nH]c3)ccn2c1C(=O)NCc1cccc(F)c1. The number of halogens is 1. The molecule has 0 spiro atoms. The second kappa shape index (κ2) is 6.44. The zero-order chi connectivity index (χ0) is 18.1. The van der Waals surface area contributed by atoms with Crippen molar-refractivity contribution in [3.05, 3.63) is 77.8 Å². The Labute approximate surface area is 148 Å². The normalized spacial score (nSPS) is 11.0. The molecule has 0 bridgehead atoms. The van der Waals surface area contributed by atoms with Crippen LogP contribution in [-0.4, -0.2) is 25.5 Å². The standard InChI is InChI=1S/C19H16FN5O/c1-12-18(19(26)21-9-13-3-2-4-16(20)7-13)25-6-5-14(8-17(25)24-12)15-10-22-23-11-15/h2-8,10-11H,9H2,1H3,(H,21,26)(H,22,23). The molecule has 3 heterocycles. The molecule has 26 heavy (non-hydrogen) atoms. The number of carbonyl (C=O) groups excluding carboxylic acids is 1. The Morgan fingerprint density at radius 2 is 2.15 bits per heavy atom. The smallest absolute Gasteiger partial charge is 0.270 e. The Bertz CT molecular complexity index is 1080. The molecule has 7 heteroatoms. The molecule has 4 aromatic rings. The Morgan fingerprint density at radius 1 is 1.27 bits per heavy atom. The van der Waals surface area contributed by atoms with E-state index in [-0.39, 0.29) is 18.3 Å². The molecule has 130 valence electrons. The number of pyridine rings is 1. The van der Waals surface area contributed by atoms with Crippen LogP contribution in [0.1, 0.15) is 21.7 Å². The summed E-state index contributed by atoms with van der Waals surface area (Å²) in [6, 6.07) is 9.97. The van der Waals surface area contributed by atoms with Crippen molar-refractivity contribution in [1.82, 2.24) is 24.9 Å². The molecule has 0 aliphatic carbocycles. The van der Waals surface area contributed by atoms with E-state index in [4.69, 9.17) is 0 Å². The van der Waals surface area contributed by atoms with Gasteiger partial charge in [0.2, 0.25) is 0 Å². The predicted octanol–water partition coefficient (Wildman–Crippen LogP) is 3.10. The number of imidazole rings is 1. The lowest BCUT2D eigenvalue weighted by atomic mass is 10.1. The van der Waals surface area contributed by atoms with Crippen LogP contribution in [0.25, 0.3) is 16.8 Å². The first-order valence-corrected chi connectivity index (χ1v) is 8.12. The minimum Gasteiger partial charge on any atom is -0.347 e. The van der Waals surface area contributed by atoms with E-state index in [1.54, 1.807) is 35.9 Å². The van der Waals surface area contributed by atoms with Gasteiger partial charge in [-0.1, -0.05) is 12.1 Å². The number of amides is 1. The lowest BCUT2D eigenvalue weighted by molar-refractivity contribution is 0.0944. The summed E-state index contributed by atoms with van der Waals surface area (Å²) in [5.41, 5.74) is 4.39. The minimum absolute atomic E-state index is 0.246. The summed E-state index contributed by atoms with van der Waals surface area (Å²) in [5, 5.41) is 9.55. The first-order chi connectivity index (χ1) is 12.6. The van der Waals surface area contributed by atoms with Crippen LogP contribution in [0, 0.1) is 12.7 Å². The molecule has 0 aliphatic heterocycles. The van der Waals surface area contributed by atoms with Gasteiger partial charge in [0.05, 0.1) is 11.9 Å². The first kappa shape index (κ1) is 16.0. The number of aryl methyl sites for hydroxylation is 1. The zero-order valence-electron chi connectivity index (χ0n) is 14.0. The van der Waals surface area contributed by atoms with Gasteiger partial charge < -0.3 is 5.32 Å². The van der Waals surface area contributed by atoms with Gasteiger partial charge in [0, 0.05) is 24.5 Å². The highest BCUT2D eigenvalue weighted by Crippen LogP contribution is 2.21. The molecule has 0 atom stereocenters. The van der Waals surface area contributed by atoms with Crippen molar-refractivity contribution < 1.29 is 9.18 Å². The van der Waals surface area contributed by atoms with Crippen LogP contribution in [0.15, 0.2) is 55.0 Å². The van der Waals surface area contributed by atoms with Crippen LogP contribution in [0.4, 0.5) is 4.39 Å². The number of nitrogens with zero attached hydrogens (tertiary/aromatic N) is 3. The van der Waals surface area contributed by atoms with E-state index in [0.717, 1.165) is 11.1 Å². The Hall–Kier alpha value is -3.48. The molecule has 0 radical (unpaired) electrons. The predicted molar refractivity (Wildman–Crippen MR) is 95.1 cm³/mol. The third-order valence-corrected chi connectivity index (χ3v) is 4.19. The molecule has 0 fully saturated rings. The maximum absolute atomic E-state index is 13.3. The number of hydrogen-bond acceptors (Lipinski definition) is 3. The van der Waals surface area contributed by atoms with Crippen LogP contribution in [-0.2, 0) is 6.54 Å². The number of nitrogens with one attached hydrogen (secondary N) is 2. The van der Waals surface area contributed by atoms with Gasteiger partial charge in [-0.3, -0.25) is 14.3 Å². The maximum atomic E-state index is 13.3. The molecular formula is C19H16FN5O. The van der Waals surface area contributed by atoms with Crippen molar-refractivity contribution in [3.63, 3.8) is 0 Å². The van der Waals surface area contributed by atoms with Crippen LogP contribution in [0.3, 0.4) is 0 Å². The Morgan fingerprint density at radius 3 is 2.92 bits per heavy atom. The molecule has 1 amide bonds. The zero-order valence-corrected chi connectivity index (χ0v) is 14.0. The summed E-state index contributed by atoms with van der Waals surface area (Å²) >= 11 is 0. The van der Waals surface area contributed by atoms with Gasteiger partial charge >= 0.3 is 0 Å². The van der Waals surface area contributed by atoms with Gasteiger partial charge in [0.1, 0.15) is 17.2 Å². The van der Waals surface area contributed by atoms with E-state index >= 15 is 0 Å². The number of carbonyl (C=O) groups is 1. The minimum atomic E-state index is -0.325. The van der Waals surface area contributed by atoms with Gasteiger partial charge in [-0.15, -0.1) is 0 Å². The van der Waals surface area contributed by atoms with E-state index in [2.05, 4.69) is 20.5 Å². The van der Waals surface area contributed by atoms with Crippen LogP contribution < -0.4 is 5.32 Å². The summed E-state index contributed by atoms with van der Waals surface area (Å²) in [6.45, 7) is 2.04. The first-order valence-electron chi connectivity index (χ1n) is 8.12. The molecule has 0 aliphatic rings. The molecule has 0 saturated heterocycles. The molecule has 2 N–H and O–H groups in total. The van der Waals surface area contributed by atoms with Gasteiger partial charge in [-0.05, 0) is 42.3 Å².